The molecule has 2 fully saturated rings. The van der Waals surface area contributed by atoms with E-state index in [1.807, 2.05) is 0 Å². The first kappa shape index (κ1) is 13.3. The van der Waals surface area contributed by atoms with E-state index in [2.05, 4.69) is 24.1 Å². The van der Waals surface area contributed by atoms with Gasteiger partial charge in [-0.1, -0.05) is 0 Å². The van der Waals surface area contributed by atoms with Crippen LogP contribution in [0.1, 0.15) is 39.5 Å². The number of hydrogen-bond acceptors (Lipinski definition) is 3. The first-order valence-electron chi connectivity index (χ1n) is 7.23. The van der Waals surface area contributed by atoms with Crippen molar-refractivity contribution < 1.29 is 4.74 Å². The Morgan fingerprint density at radius 3 is 3.00 bits per heavy atom. The van der Waals surface area contributed by atoms with Gasteiger partial charge in [-0.05, 0) is 65.1 Å². The summed E-state index contributed by atoms with van der Waals surface area (Å²) in [6.07, 6.45) is 5.55. The van der Waals surface area contributed by atoms with Crippen LogP contribution in [-0.4, -0.2) is 49.8 Å². The summed E-state index contributed by atoms with van der Waals surface area (Å²) in [5, 5.41) is 3.50. The van der Waals surface area contributed by atoms with Crippen molar-refractivity contribution >= 4 is 0 Å². The van der Waals surface area contributed by atoms with Crippen molar-refractivity contribution in [1.82, 2.24) is 10.2 Å². The molecule has 1 N–H and O–H groups in total. The fourth-order valence-corrected chi connectivity index (χ4v) is 3.08. The molecule has 100 valence electrons. The van der Waals surface area contributed by atoms with E-state index in [4.69, 9.17) is 4.74 Å². The minimum Gasteiger partial charge on any atom is -0.373 e. The molecule has 17 heavy (non-hydrogen) atoms. The maximum atomic E-state index is 5.74. The number of morpholine rings is 1. The van der Waals surface area contributed by atoms with E-state index in [9.17, 15) is 0 Å². The maximum Gasteiger partial charge on any atom is 0.0753 e. The van der Waals surface area contributed by atoms with Gasteiger partial charge in [-0.25, -0.2) is 0 Å². The second kappa shape index (κ2) is 6.17. The third-order valence-corrected chi connectivity index (χ3v) is 3.99. The van der Waals surface area contributed by atoms with Gasteiger partial charge in [-0.3, -0.25) is 4.90 Å². The maximum absolute atomic E-state index is 5.74. The first-order chi connectivity index (χ1) is 8.16. The van der Waals surface area contributed by atoms with E-state index in [0.29, 0.717) is 0 Å². The van der Waals surface area contributed by atoms with Crippen molar-refractivity contribution in [2.24, 2.45) is 5.92 Å². The molecule has 0 aromatic rings. The minimum absolute atomic E-state index is 0.0602. The van der Waals surface area contributed by atoms with Crippen LogP contribution >= 0.6 is 0 Å². The quantitative estimate of drug-likeness (QED) is 0.812. The Morgan fingerprint density at radius 1 is 1.41 bits per heavy atom. The summed E-state index contributed by atoms with van der Waals surface area (Å²) in [6.45, 7) is 11.2. The van der Waals surface area contributed by atoms with Gasteiger partial charge in [0.15, 0.2) is 0 Å². The molecule has 2 aliphatic rings. The lowest BCUT2D eigenvalue weighted by molar-refractivity contribution is -0.0862. The molecule has 0 aromatic heterocycles. The smallest absolute Gasteiger partial charge is 0.0753 e. The SMILES string of the molecule is CC1(C)CN(CCCC2CCCNC2)CCO1. The van der Waals surface area contributed by atoms with Crippen molar-refractivity contribution in [2.45, 2.75) is 45.1 Å². The van der Waals surface area contributed by atoms with Crippen molar-refractivity contribution in [3.63, 3.8) is 0 Å². The molecule has 2 heterocycles. The van der Waals surface area contributed by atoms with Gasteiger partial charge in [0, 0.05) is 13.1 Å². The van der Waals surface area contributed by atoms with Crippen LogP contribution in [-0.2, 0) is 4.74 Å². The molecule has 0 radical (unpaired) electrons. The Balaban J connectivity index is 1.61. The average molecular weight is 240 g/mol. The zero-order valence-electron chi connectivity index (χ0n) is 11.5. The van der Waals surface area contributed by atoms with Crippen molar-refractivity contribution in [3.05, 3.63) is 0 Å². The van der Waals surface area contributed by atoms with Crippen LogP contribution < -0.4 is 5.32 Å². The summed E-state index contributed by atoms with van der Waals surface area (Å²) in [5.41, 5.74) is 0.0602. The number of ether oxygens (including phenoxy) is 1. The molecule has 2 saturated heterocycles. The van der Waals surface area contributed by atoms with E-state index in [-0.39, 0.29) is 5.60 Å². The molecule has 3 heteroatoms. The molecule has 1 atom stereocenters. The summed E-state index contributed by atoms with van der Waals surface area (Å²) in [4.78, 5) is 2.57. The van der Waals surface area contributed by atoms with E-state index in [1.54, 1.807) is 0 Å². The van der Waals surface area contributed by atoms with Crippen LogP contribution in [0.3, 0.4) is 0 Å². The van der Waals surface area contributed by atoms with Gasteiger partial charge in [0.1, 0.15) is 0 Å². The lowest BCUT2D eigenvalue weighted by Crippen LogP contribution is -2.48. The molecule has 2 aliphatic heterocycles. The number of rotatable bonds is 4. The third-order valence-electron chi connectivity index (χ3n) is 3.99. The largest absolute Gasteiger partial charge is 0.373 e. The zero-order valence-corrected chi connectivity index (χ0v) is 11.5. The van der Waals surface area contributed by atoms with E-state index in [0.717, 1.165) is 25.6 Å². The highest BCUT2D eigenvalue weighted by atomic mass is 16.5. The summed E-state index contributed by atoms with van der Waals surface area (Å²) in [6, 6.07) is 0. The highest BCUT2D eigenvalue weighted by molar-refractivity contribution is 4.79. The molecule has 2 rings (SSSR count). The normalized spacial score (nSPS) is 30.4. The average Bonchev–Trinajstić information content (AvgIpc) is 2.29. The highest BCUT2D eigenvalue weighted by Gasteiger charge is 2.26. The third kappa shape index (κ3) is 4.57. The fraction of sp³-hybridized carbons (Fsp3) is 1.00. The number of hydrogen-bond donors (Lipinski definition) is 1. The predicted molar refractivity (Wildman–Crippen MR) is 71.3 cm³/mol. The van der Waals surface area contributed by atoms with Gasteiger partial charge in [-0.2, -0.15) is 0 Å². The van der Waals surface area contributed by atoms with Crippen molar-refractivity contribution in [1.29, 1.82) is 0 Å². The van der Waals surface area contributed by atoms with Crippen LogP contribution in [0.25, 0.3) is 0 Å². The lowest BCUT2D eigenvalue weighted by atomic mass is 9.94. The Kier molecular flexibility index (Phi) is 4.83. The van der Waals surface area contributed by atoms with Gasteiger partial charge >= 0.3 is 0 Å². The van der Waals surface area contributed by atoms with Crippen LogP contribution in [0.2, 0.25) is 0 Å². The van der Waals surface area contributed by atoms with Gasteiger partial charge < -0.3 is 10.1 Å². The van der Waals surface area contributed by atoms with Gasteiger partial charge in [0.2, 0.25) is 0 Å². The monoisotopic (exact) mass is 240 g/mol. The molecule has 3 nitrogen and oxygen atoms in total. The summed E-state index contributed by atoms with van der Waals surface area (Å²) in [5.74, 6) is 0.929. The molecule has 1 unspecified atom stereocenters. The second-order valence-electron chi connectivity index (χ2n) is 6.24. The van der Waals surface area contributed by atoms with Crippen LogP contribution in [0.5, 0.6) is 0 Å². The zero-order chi connectivity index (χ0) is 12.1. The van der Waals surface area contributed by atoms with Crippen LogP contribution in [0.15, 0.2) is 0 Å². The molecule has 0 amide bonds. The van der Waals surface area contributed by atoms with Gasteiger partial charge in [0.05, 0.1) is 12.2 Å². The van der Waals surface area contributed by atoms with E-state index < -0.39 is 0 Å². The molecule has 0 saturated carbocycles. The number of piperidine rings is 1. The van der Waals surface area contributed by atoms with E-state index >= 15 is 0 Å². The molecule has 0 bridgehead atoms. The molecule has 0 spiro atoms. The summed E-state index contributed by atoms with van der Waals surface area (Å²) >= 11 is 0. The second-order valence-corrected chi connectivity index (χ2v) is 6.24. The van der Waals surface area contributed by atoms with Gasteiger partial charge in [-0.15, -0.1) is 0 Å². The number of nitrogens with one attached hydrogen (secondary N) is 1. The molecular weight excluding hydrogens is 212 g/mol. The molecular formula is C14H28N2O. The highest BCUT2D eigenvalue weighted by Crippen LogP contribution is 2.19. The Bertz CT molecular complexity index is 224. The lowest BCUT2D eigenvalue weighted by Gasteiger charge is -2.38. The number of nitrogens with zero attached hydrogens (tertiary/aromatic N) is 1. The van der Waals surface area contributed by atoms with Gasteiger partial charge in [0.25, 0.3) is 0 Å². The summed E-state index contributed by atoms with van der Waals surface area (Å²) < 4.78 is 5.74. The van der Waals surface area contributed by atoms with Crippen LogP contribution in [0.4, 0.5) is 0 Å². The first-order valence-corrected chi connectivity index (χ1v) is 7.23. The molecule has 0 aromatic carbocycles. The fourth-order valence-electron chi connectivity index (χ4n) is 3.08. The standard InChI is InChI=1S/C14H28N2O/c1-14(2)12-16(9-10-17-14)8-4-6-13-5-3-7-15-11-13/h13,15H,3-12H2,1-2H3. The van der Waals surface area contributed by atoms with Crippen molar-refractivity contribution in [3.8, 4) is 0 Å². The Hall–Kier alpha value is -0.120. The van der Waals surface area contributed by atoms with Crippen molar-refractivity contribution in [2.75, 3.05) is 39.3 Å². The minimum atomic E-state index is 0.0602. The predicted octanol–water partition coefficient (Wildman–Crippen LogP) is 1.88. The Labute approximate surface area is 106 Å². The Morgan fingerprint density at radius 2 is 2.29 bits per heavy atom. The van der Waals surface area contributed by atoms with Crippen LogP contribution in [0, 0.1) is 5.92 Å². The molecule has 0 aliphatic carbocycles. The topological polar surface area (TPSA) is 24.5 Å². The summed E-state index contributed by atoms with van der Waals surface area (Å²) in [7, 11) is 0. The van der Waals surface area contributed by atoms with E-state index in [1.165, 1.54) is 45.3 Å².